The van der Waals surface area contributed by atoms with Crippen LogP contribution in [0.4, 0.5) is 0 Å². The first-order valence-electron chi connectivity index (χ1n) is 10.9. The first kappa shape index (κ1) is 24.2. The summed E-state index contributed by atoms with van der Waals surface area (Å²) in [4.78, 5) is 20.9. The first-order valence-corrected chi connectivity index (χ1v) is 10.9. The van der Waals surface area contributed by atoms with Crippen LogP contribution in [0.15, 0.2) is 15.5 Å². The van der Waals surface area contributed by atoms with E-state index in [0.29, 0.717) is 5.96 Å². The molecule has 8 nitrogen and oxygen atoms in total. The van der Waals surface area contributed by atoms with Crippen LogP contribution in [0.2, 0.25) is 0 Å². The summed E-state index contributed by atoms with van der Waals surface area (Å²) in [5.41, 5.74) is -0.329. The minimum atomic E-state index is -1.10. The molecule has 2 unspecified atom stereocenters. The van der Waals surface area contributed by atoms with Crippen LogP contribution in [0, 0.1) is 13.8 Å². The summed E-state index contributed by atoms with van der Waals surface area (Å²) in [7, 11) is 3.64. The maximum Gasteiger partial charge on any atom is 0.239 e. The number of hydrogen-bond donors (Lipinski definition) is 3. The van der Waals surface area contributed by atoms with Crippen molar-refractivity contribution in [3.05, 3.63) is 23.2 Å². The van der Waals surface area contributed by atoms with Crippen molar-refractivity contribution < 1.29 is 14.3 Å². The van der Waals surface area contributed by atoms with E-state index in [-0.39, 0.29) is 18.5 Å². The van der Waals surface area contributed by atoms with E-state index in [4.69, 9.17) is 4.42 Å². The Labute approximate surface area is 180 Å². The molecule has 2 rings (SSSR count). The topological polar surface area (TPSA) is 93.3 Å². The largest absolute Gasteiger partial charge is 0.466 e. The highest BCUT2D eigenvalue weighted by Gasteiger charge is 2.31. The zero-order valence-electron chi connectivity index (χ0n) is 19.4. The highest BCUT2D eigenvalue weighted by molar-refractivity contribution is 5.81. The standard InChI is InChI=1S/C22H39N5O3/c1-7-23-21(25-15-22(4,29)18-14-16(2)30-17(18)3)24-11-9-13-27-12-8-10-19(27)20(28)26(5)6/h14,19,29H,7-13,15H2,1-6H3,(H2,23,24,25). The van der Waals surface area contributed by atoms with E-state index in [1.807, 2.05) is 40.9 Å². The number of nitrogens with one attached hydrogen (secondary N) is 2. The second-order valence-corrected chi connectivity index (χ2v) is 8.50. The number of likely N-dealkylation sites (tertiary alicyclic amines) is 1. The second kappa shape index (κ2) is 10.8. The Morgan fingerprint density at radius 3 is 2.73 bits per heavy atom. The minimum absolute atomic E-state index is 0.0126. The van der Waals surface area contributed by atoms with Crippen molar-refractivity contribution >= 4 is 11.9 Å². The Hall–Kier alpha value is -2.06. The lowest BCUT2D eigenvalue weighted by atomic mass is 9.96. The number of carbonyl (C=O) groups excluding carboxylic acids is 1. The van der Waals surface area contributed by atoms with Gasteiger partial charge in [-0.2, -0.15) is 0 Å². The highest BCUT2D eigenvalue weighted by atomic mass is 16.3. The van der Waals surface area contributed by atoms with Gasteiger partial charge in [-0.15, -0.1) is 0 Å². The van der Waals surface area contributed by atoms with Crippen LogP contribution in [0.5, 0.6) is 0 Å². The molecule has 0 aromatic carbocycles. The van der Waals surface area contributed by atoms with Gasteiger partial charge in [0.05, 0.1) is 12.6 Å². The number of aliphatic imine (C=N–C) groups is 1. The fraction of sp³-hybridized carbons (Fsp3) is 0.727. The lowest BCUT2D eigenvalue weighted by Crippen LogP contribution is -2.44. The number of amides is 1. The summed E-state index contributed by atoms with van der Waals surface area (Å²) in [5, 5.41) is 17.4. The predicted octanol–water partition coefficient (Wildman–Crippen LogP) is 1.60. The van der Waals surface area contributed by atoms with Gasteiger partial charge in [0, 0.05) is 39.3 Å². The maximum atomic E-state index is 12.3. The number of furan rings is 1. The van der Waals surface area contributed by atoms with Gasteiger partial charge in [0.1, 0.15) is 17.1 Å². The molecule has 0 saturated carbocycles. The number of aliphatic hydroxyl groups is 1. The summed E-state index contributed by atoms with van der Waals surface area (Å²) >= 11 is 0. The Morgan fingerprint density at radius 1 is 1.40 bits per heavy atom. The van der Waals surface area contributed by atoms with Crippen LogP contribution < -0.4 is 10.6 Å². The van der Waals surface area contributed by atoms with Crippen molar-refractivity contribution in [1.82, 2.24) is 20.4 Å². The average molecular weight is 422 g/mol. The van der Waals surface area contributed by atoms with Crippen LogP contribution in [-0.4, -0.2) is 79.6 Å². The van der Waals surface area contributed by atoms with Crippen LogP contribution >= 0.6 is 0 Å². The normalized spacial score (nSPS) is 19.6. The zero-order valence-corrected chi connectivity index (χ0v) is 19.4. The minimum Gasteiger partial charge on any atom is -0.466 e. The highest BCUT2D eigenvalue weighted by Crippen LogP contribution is 2.27. The summed E-state index contributed by atoms with van der Waals surface area (Å²) in [5.74, 6) is 2.38. The SMILES string of the molecule is CCNC(=NCC(C)(O)c1cc(C)oc1C)NCCCN1CCCC1C(=O)N(C)C. The van der Waals surface area contributed by atoms with Gasteiger partial charge in [0.15, 0.2) is 5.96 Å². The zero-order chi connectivity index (χ0) is 22.3. The van der Waals surface area contributed by atoms with Crippen molar-refractivity contribution in [2.24, 2.45) is 4.99 Å². The number of carbonyl (C=O) groups is 1. The molecule has 0 radical (unpaired) electrons. The molecule has 1 aliphatic heterocycles. The third kappa shape index (κ3) is 6.47. The molecule has 3 N–H and O–H groups in total. The van der Waals surface area contributed by atoms with E-state index in [2.05, 4.69) is 20.5 Å². The van der Waals surface area contributed by atoms with Crippen LogP contribution in [0.1, 0.15) is 50.2 Å². The summed E-state index contributed by atoms with van der Waals surface area (Å²) < 4.78 is 5.55. The molecule has 0 spiro atoms. The number of rotatable bonds is 9. The lowest BCUT2D eigenvalue weighted by molar-refractivity contribution is -0.133. The quantitative estimate of drug-likeness (QED) is 0.319. The summed E-state index contributed by atoms with van der Waals surface area (Å²) in [6.45, 7) is 11.1. The van der Waals surface area contributed by atoms with Gasteiger partial charge in [-0.05, 0) is 59.6 Å². The molecule has 1 aromatic rings. The smallest absolute Gasteiger partial charge is 0.239 e. The second-order valence-electron chi connectivity index (χ2n) is 8.50. The Kier molecular flexibility index (Phi) is 8.73. The van der Waals surface area contributed by atoms with E-state index in [0.717, 1.165) is 62.5 Å². The molecule has 1 amide bonds. The number of guanidine groups is 1. The van der Waals surface area contributed by atoms with Crippen molar-refractivity contribution in [2.45, 2.75) is 58.6 Å². The molecule has 8 heteroatoms. The molecule has 170 valence electrons. The van der Waals surface area contributed by atoms with Crippen molar-refractivity contribution in [2.75, 3.05) is 46.8 Å². The number of nitrogens with zero attached hydrogens (tertiary/aromatic N) is 3. The summed E-state index contributed by atoms with van der Waals surface area (Å²) in [6, 6.07) is 1.88. The van der Waals surface area contributed by atoms with Gasteiger partial charge in [-0.3, -0.25) is 9.69 Å². The summed E-state index contributed by atoms with van der Waals surface area (Å²) in [6.07, 6.45) is 2.93. The van der Waals surface area contributed by atoms with Gasteiger partial charge in [-0.1, -0.05) is 0 Å². The molecule has 1 saturated heterocycles. The Bertz CT molecular complexity index is 726. The van der Waals surface area contributed by atoms with Crippen LogP contribution in [0.25, 0.3) is 0 Å². The van der Waals surface area contributed by atoms with Crippen LogP contribution in [-0.2, 0) is 10.4 Å². The van der Waals surface area contributed by atoms with E-state index in [9.17, 15) is 9.90 Å². The van der Waals surface area contributed by atoms with Crippen LogP contribution in [0.3, 0.4) is 0 Å². The Balaban J connectivity index is 1.86. The third-order valence-electron chi connectivity index (χ3n) is 5.51. The molecule has 1 aromatic heterocycles. The Morgan fingerprint density at radius 2 is 2.13 bits per heavy atom. The number of hydrogen-bond acceptors (Lipinski definition) is 5. The first-order chi connectivity index (χ1) is 14.2. The van der Waals surface area contributed by atoms with Gasteiger partial charge in [0.2, 0.25) is 5.91 Å². The van der Waals surface area contributed by atoms with E-state index in [1.54, 1.807) is 11.8 Å². The lowest BCUT2D eigenvalue weighted by Gasteiger charge is -2.26. The fourth-order valence-electron chi connectivity index (χ4n) is 3.99. The van der Waals surface area contributed by atoms with Gasteiger partial charge in [0.25, 0.3) is 0 Å². The van der Waals surface area contributed by atoms with Gasteiger partial charge < -0.3 is 25.1 Å². The van der Waals surface area contributed by atoms with E-state index < -0.39 is 5.60 Å². The van der Waals surface area contributed by atoms with E-state index >= 15 is 0 Å². The van der Waals surface area contributed by atoms with E-state index in [1.165, 1.54) is 0 Å². The van der Waals surface area contributed by atoms with Crippen molar-refractivity contribution in [3.8, 4) is 0 Å². The molecule has 1 fully saturated rings. The van der Waals surface area contributed by atoms with Crippen molar-refractivity contribution in [1.29, 1.82) is 0 Å². The van der Waals surface area contributed by atoms with Crippen molar-refractivity contribution in [3.63, 3.8) is 0 Å². The maximum absolute atomic E-state index is 12.3. The van der Waals surface area contributed by atoms with Gasteiger partial charge >= 0.3 is 0 Å². The molecular weight excluding hydrogens is 382 g/mol. The molecule has 0 bridgehead atoms. The third-order valence-corrected chi connectivity index (χ3v) is 5.51. The molecule has 1 aliphatic rings. The monoisotopic (exact) mass is 421 g/mol. The predicted molar refractivity (Wildman–Crippen MR) is 120 cm³/mol. The molecule has 2 atom stereocenters. The molecule has 30 heavy (non-hydrogen) atoms. The molecule has 0 aliphatic carbocycles. The number of likely N-dealkylation sites (N-methyl/N-ethyl adjacent to an activating group) is 1. The molecule has 2 heterocycles. The average Bonchev–Trinajstić information content (AvgIpc) is 3.28. The fourth-order valence-corrected chi connectivity index (χ4v) is 3.99. The molecular formula is C22H39N5O3. The van der Waals surface area contributed by atoms with Gasteiger partial charge in [-0.25, -0.2) is 4.99 Å². The number of aryl methyl sites for hydroxylation is 2.